The quantitative estimate of drug-likeness (QED) is 0.128. The number of unbranched alkanes of at least 4 members (excludes halogenated alkanes) is 1. The lowest BCUT2D eigenvalue weighted by Gasteiger charge is -2.27. The average molecular weight is 557 g/mol. The van der Waals surface area contributed by atoms with Gasteiger partial charge in [0.1, 0.15) is 17.4 Å². The van der Waals surface area contributed by atoms with E-state index in [2.05, 4.69) is 6.92 Å². The van der Waals surface area contributed by atoms with Crippen molar-refractivity contribution in [2.24, 2.45) is 0 Å². The van der Waals surface area contributed by atoms with Gasteiger partial charge in [-0.3, -0.25) is 14.5 Å². The number of nitrogens with zero attached hydrogens (tertiary/aromatic N) is 4. The highest BCUT2D eigenvalue weighted by atomic mass is 16.5. The number of nitriles is 1. The lowest BCUT2D eigenvalue weighted by atomic mass is 9.93. The number of amides is 2. The molecule has 0 fully saturated rings. The van der Waals surface area contributed by atoms with Gasteiger partial charge in [0, 0.05) is 22.9 Å². The van der Waals surface area contributed by atoms with Crippen LogP contribution in [0.5, 0.6) is 5.75 Å². The summed E-state index contributed by atoms with van der Waals surface area (Å²) in [5.74, 6) is -0.258. The van der Waals surface area contributed by atoms with E-state index in [-0.39, 0.29) is 17.7 Å². The smallest absolute Gasteiger partial charge is 0.271 e. The minimum atomic E-state index is -0.586. The Balaban J connectivity index is 1.58. The van der Waals surface area contributed by atoms with Crippen molar-refractivity contribution in [2.45, 2.75) is 40.2 Å². The van der Waals surface area contributed by atoms with Gasteiger partial charge in [0.05, 0.1) is 24.5 Å². The van der Waals surface area contributed by atoms with Gasteiger partial charge < -0.3 is 4.74 Å². The zero-order valence-corrected chi connectivity index (χ0v) is 24.0. The van der Waals surface area contributed by atoms with E-state index >= 15 is 0 Å². The van der Waals surface area contributed by atoms with Gasteiger partial charge in [0.25, 0.3) is 11.8 Å². The minimum absolute atomic E-state index is 0.0430. The highest BCUT2D eigenvalue weighted by molar-refractivity contribution is 6.19. The van der Waals surface area contributed by atoms with Crippen molar-refractivity contribution in [1.82, 2.24) is 14.7 Å². The number of hydrogen-bond acceptors (Lipinski definition) is 5. The molecular weight excluding hydrogens is 524 g/mol. The maximum absolute atomic E-state index is 13.8. The number of rotatable bonds is 9. The summed E-state index contributed by atoms with van der Waals surface area (Å²) < 4.78 is 7.60. The monoisotopic (exact) mass is 556 g/mol. The molecule has 5 rings (SSSR count). The molecule has 0 N–H and O–H groups in total. The molecule has 1 aliphatic rings. The van der Waals surface area contributed by atoms with E-state index in [1.54, 1.807) is 17.7 Å². The van der Waals surface area contributed by atoms with Crippen LogP contribution in [0.4, 0.5) is 0 Å². The SMILES string of the molecule is CCCCOc1ccc(-c2nn(-c3ccccc3)cc2/C=C2/C(=O)N(Cc3ccc(C)cc3)C(=O)C(C#N)=C2C)cc1. The molecule has 0 spiro atoms. The van der Waals surface area contributed by atoms with Gasteiger partial charge in [-0.25, -0.2) is 4.68 Å². The predicted molar refractivity (Wildman–Crippen MR) is 162 cm³/mol. The molecule has 210 valence electrons. The van der Waals surface area contributed by atoms with Crippen molar-refractivity contribution in [3.8, 4) is 28.8 Å². The van der Waals surface area contributed by atoms with Crippen LogP contribution in [0.3, 0.4) is 0 Å². The van der Waals surface area contributed by atoms with Gasteiger partial charge in [-0.2, -0.15) is 10.4 Å². The van der Waals surface area contributed by atoms with Crippen molar-refractivity contribution >= 4 is 17.9 Å². The Morgan fingerprint density at radius 3 is 2.31 bits per heavy atom. The fourth-order valence-electron chi connectivity index (χ4n) is 4.78. The highest BCUT2D eigenvalue weighted by Gasteiger charge is 2.35. The van der Waals surface area contributed by atoms with E-state index in [0.717, 1.165) is 45.9 Å². The predicted octanol–water partition coefficient (Wildman–Crippen LogP) is 6.82. The largest absolute Gasteiger partial charge is 0.494 e. The molecule has 7 nitrogen and oxygen atoms in total. The van der Waals surface area contributed by atoms with Crippen LogP contribution in [0, 0.1) is 18.3 Å². The lowest BCUT2D eigenvalue weighted by Crippen LogP contribution is -2.42. The number of para-hydroxylation sites is 1. The molecule has 0 atom stereocenters. The average Bonchev–Trinajstić information content (AvgIpc) is 3.43. The molecule has 4 aromatic rings. The zero-order chi connectivity index (χ0) is 29.6. The fraction of sp³-hybridized carbons (Fsp3) is 0.200. The number of carbonyl (C=O) groups is 2. The minimum Gasteiger partial charge on any atom is -0.494 e. The third-order valence-electron chi connectivity index (χ3n) is 7.24. The van der Waals surface area contributed by atoms with E-state index in [1.165, 1.54) is 0 Å². The third-order valence-corrected chi connectivity index (χ3v) is 7.24. The highest BCUT2D eigenvalue weighted by Crippen LogP contribution is 2.32. The topological polar surface area (TPSA) is 88.2 Å². The van der Waals surface area contributed by atoms with E-state index in [9.17, 15) is 14.9 Å². The standard InChI is InChI=1S/C35H32N4O3/c1-4-5-19-42-30-17-15-27(16-18-30)33-28(23-39(37-33)29-9-7-6-8-10-29)20-31-25(3)32(21-36)35(41)38(34(31)40)22-26-13-11-24(2)12-14-26/h6-18,20,23H,4-5,19,22H2,1-3H3/b31-20+. The van der Waals surface area contributed by atoms with Gasteiger partial charge in [0.2, 0.25) is 0 Å². The molecule has 0 radical (unpaired) electrons. The molecular formula is C35H32N4O3. The van der Waals surface area contributed by atoms with Crippen LogP contribution in [-0.2, 0) is 16.1 Å². The molecule has 0 saturated carbocycles. The van der Waals surface area contributed by atoms with E-state index in [0.29, 0.717) is 23.4 Å². The number of hydrogen-bond donors (Lipinski definition) is 0. The van der Waals surface area contributed by atoms with Crippen LogP contribution in [0.25, 0.3) is 23.0 Å². The van der Waals surface area contributed by atoms with Crippen LogP contribution >= 0.6 is 0 Å². The number of aryl methyl sites for hydroxylation is 1. The summed E-state index contributed by atoms with van der Waals surface area (Å²) in [5.41, 5.74) is 5.52. The molecule has 0 bridgehead atoms. The molecule has 0 saturated heterocycles. The Morgan fingerprint density at radius 2 is 1.64 bits per heavy atom. The first-order valence-electron chi connectivity index (χ1n) is 14.0. The van der Waals surface area contributed by atoms with Crippen molar-refractivity contribution in [2.75, 3.05) is 6.61 Å². The Hall–Kier alpha value is -5.22. The molecule has 7 heteroatoms. The molecule has 1 aliphatic heterocycles. The number of aromatic nitrogens is 2. The van der Waals surface area contributed by atoms with Crippen LogP contribution in [0.15, 0.2) is 102 Å². The van der Waals surface area contributed by atoms with Gasteiger partial charge >= 0.3 is 0 Å². The number of carbonyl (C=O) groups excluding carboxylic acids is 2. The second-order valence-electron chi connectivity index (χ2n) is 10.3. The third kappa shape index (κ3) is 5.93. The van der Waals surface area contributed by atoms with Crippen LogP contribution in [0.2, 0.25) is 0 Å². The van der Waals surface area contributed by atoms with E-state index in [4.69, 9.17) is 9.84 Å². The summed E-state index contributed by atoms with van der Waals surface area (Å²) in [6.07, 6.45) is 5.63. The molecule has 2 heterocycles. The second-order valence-corrected chi connectivity index (χ2v) is 10.3. The Bertz CT molecular complexity index is 1710. The summed E-state index contributed by atoms with van der Waals surface area (Å²) in [4.78, 5) is 28.2. The molecule has 3 aromatic carbocycles. The van der Waals surface area contributed by atoms with E-state index < -0.39 is 11.8 Å². The van der Waals surface area contributed by atoms with Crippen molar-refractivity contribution < 1.29 is 14.3 Å². The van der Waals surface area contributed by atoms with Crippen LogP contribution < -0.4 is 4.74 Å². The van der Waals surface area contributed by atoms with Crippen LogP contribution in [0.1, 0.15) is 43.4 Å². The van der Waals surface area contributed by atoms with Gasteiger partial charge in [-0.05, 0) is 73.9 Å². The fourth-order valence-corrected chi connectivity index (χ4v) is 4.78. The number of ether oxygens (including phenoxy) is 1. The summed E-state index contributed by atoms with van der Waals surface area (Å²) >= 11 is 0. The van der Waals surface area contributed by atoms with Gasteiger partial charge in [0.15, 0.2) is 0 Å². The maximum Gasteiger partial charge on any atom is 0.271 e. The van der Waals surface area contributed by atoms with Crippen LogP contribution in [-0.4, -0.2) is 33.1 Å². The Kier molecular flexibility index (Phi) is 8.44. The first kappa shape index (κ1) is 28.3. The maximum atomic E-state index is 13.8. The van der Waals surface area contributed by atoms with Crippen molar-refractivity contribution in [1.29, 1.82) is 5.26 Å². The van der Waals surface area contributed by atoms with Gasteiger partial charge in [-0.1, -0.05) is 61.4 Å². The molecule has 42 heavy (non-hydrogen) atoms. The Labute approximate surface area is 246 Å². The second kappa shape index (κ2) is 12.5. The van der Waals surface area contributed by atoms with Gasteiger partial charge in [-0.15, -0.1) is 0 Å². The number of benzene rings is 3. The molecule has 0 aliphatic carbocycles. The zero-order valence-electron chi connectivity index (χ0n) is 24.0. The first-order valence-corrected chi connectivity index (χ1v) is 14.0. The molecule has 2 amide bonds. The van der Waals surface area contributed by atoms with E-state index in [1.807, 2.05) is 98.1 Å². The summed E-state index contributed by atoms with van der Waals surface area (Å²) in [5, 5.41) is 14.8. The number of imide groups is 1. The normalized spacial score (nSPS) is 14.4. The summed E-state index contributed by atoms with van der Waals surface area (Å²) in [6, 6.07) is 27.1. The van der Waals surface area contributed by atoms with Crippen molar-refractivity contribution in [3.63, 3.8) is 0 Å². The summed E-state index contributed by atoms with van der Waals surface area (Å²) in [6.45, 7) is 6.47. The Morgan fingerprint density at radius 1 is 0.929 bits per heavy atom. The first-order chi connectivity index (χ1) is 20.4. The lowest BCUT2D eigenvalue weighted by molar-refractivity contribution is -0.141. The molecule has 0 unspecified atom stereocenters. The summed E-state index contributed by atoms with van der Waals surface area (Å²) in [7, 11) is 0. The molecule has 1 aromatic heterocycles. The van der Waals surface area contributed by atoms with Crippen molar-refractivity contribution in [3.05, 3.63) is 118 Å².